The van der Waals surface area contributed by atoms with Crippen LogP contribution >= 0.6 is 23.2 Å². The van der Waals surface area contributed by atoms with E-state index in [1.54, 1.807) is 0 Å². The van der Waals surface area contributed by atoms with E-state index in [2.05, 4.69) is 41.0 Å². The first kappa shape index (κ1) is 21.3. The number of hydrogen-bond acceptors (Lipinski definition) is 2. The van der Waals surface area contributed by atoms with Crippen molar-refractivity contribution < 1.29 is 4.79 Å². The zero-order chi connectivity index (χ0) is 21.6. The zero-order valence-electron chi connectivity index (χ0n) is 18.2. The molecule has 2 aliphatic heterocycles. The average molecular weight is 457 g/mol. The van der Waals surface area contributed by atoms with Gasteiger partial charge in [-0.1, -0.05) is 59.8 Å². The number of carbonyl (C=O) groups excluding carboxylic acids is 1. The maximum atomic E-state index is 13.4. The first-order chi connectivity index (χ1) is 14.9. The molecule has 3 aliphatic rings. The van der Waals surface area contributed by atoms with Crippen molar-refractivity contribution in [2.75, 3.05) is 24.5 Å². The summed E-state index contributed by atoms with van der Waals surface area (Å²) in [5, 5.41) is 1.22. The molecule has 3 nitrogen and oxygen atoms in total. The van der Waals surface area contributed by atoms with E-state index in [4.69, 9.17) is 23.2 Å². The van der Waals surface area contributed by atoms with Gasteiger partial charge in [0.1, 0.15) is 0 Å². The Morgan fingerprint density at radius 2 is 1.77 bits per heavy atom. The number of piperidine rings is 1. The van der Waals surface area contributed by atoms with Crippen LogP contribution in [0.3, 0.4) is 0 Å². The summed E-state index contributed by atoms with van der Waals surface area (Å²) in [5.74, 6) is 0.580. The van der Waals surface area contributed by atoms with Crippen LogP contribution in [0.25, 0.3) is 0 Å². The summed E-state index contributed by atoms with van der Waals surface area (Å²) < 4.78 is 0. The fourth-order valence-corrected chi connectivity index (χ4v) is 6.16. The van der Waals surface area contributed by atoms with E-state index in [9.17, 15) is 4.79 Å². The van der Waals surface area contributed by atoms with Gasteiger partial charge in [-0.2, -0.15) is 0 Å². The van der Waals surface area contributed by atoms with Crippen molar-refractivity contribution in [2.24, 2.45) is 5.92 Å². The number of anilines is 1. The first-order valence-corrected chi connectivity index (χ1v) is 12.3. The Balaban J connectivity index is 1.34. The van der Waals surface area contributed by atoms with Crippen molar-refractivity contribution in [1.29, 1.82) is 0 Å². The molecule has 1 amide bonds. The monoisotopic (exact) mass is 456 g/mol. The van der Waals surface area contributed by atoms with E-state index in [-0.39, 0.29) is 11.3 Å². The minimum absolute atomic E-state index is 0.0871. The molecule has 0 radical (unpaired) electrons. The third kappa shape index (κ3) is 4.01. The highest BCUT2D eigenvalue weighted by Gasteiger charge is 2.47. The highest BCUT2D eigenvalue weighted by atomic mass is 35.5. The van der Waals surface area contributed by atoms with Crippen molar-refractivity contribution >= 4 is 34.8 Å². The van der Waals surface area contributed by atoms with Crippen LogP contribution in [0.2, 0.25) is 10.0 Å². The highest BCUT2D eigenvalue weighted by molar-refractivity contribution is 6.42. The molecule has 1 saturated carbocycles. The van der Waals surface area contributed by atoms with Gasteiger partial charge in [-0.3, -0.25) is 9.69 Å². The SMILES string of the molecule is Cc1ccc2c(c1)C1(CCN(Cc3ccc(Cl)c(Cl)c3)CC1)CN2C(=O)C1CCCC1. The van der Waals surface area contributed by atoms with Crippen LogP contribution in [0.1, 0.15) is 55.2 Å². The Hall–Kier alpha value is -1.55. The number of halogens is 2. The number of benzene rings is 2. The van der Waals surface area contributed by atoms with Gasteiger partial charge < -0.3 is 4.90 Å². The van der Waals surface area contributed by atoms with Gasteiger partial charge in [-0.15, -0.1) is 0 Å². The topological polar surface area (TPSA) is 23.6 Å². The standard InChI is InChI=1S/C26H30Cl2N2O/c1-18-6-9-24-21(14-18)26(17-30(24)25(31)20-4-2-3-5-20)10-12-29(13-11-26)16-19-7-8-22(27)23(28)15-19/h6-9,14-15,20H,2-5,10-13,16-17H2,1H3. The van der Waals surface area contributed by atoms with Crippen molar-refractivity contribution in [3.05, 3.63) is 63.1 Å². The molecule has 1 aliphatic carbocycles. The van der Waals surface area contributed by atoms with Crippen molar-refractivity contribution in [3.8, 4) is 0 Å². The highest BCUT2D eigenvalue weighted by Crippen LogP contribution is 2.48. The minimum Gasteiger partial charge on any atom is -0.311 e. The summed E-state index contributed by atoms with van der Waals surface area (Å²) >= 11 is 12.3. The smallest absolute Gasteiger partial charge is 0.230 e. The predicted octanol–water partition coefficient (Wildman–Crippen LogP) is 6.37. The molecule has 0 bridgehead atoms. The van der Waals surface area contributed by atoms with E-state index in [0.29, 0.717) is 16.0 Å². The van der Waals surface area contributed by atoms with Gasteiger partial charge >= 0.3 is 0 Å². The van der Waals surface area contributed by atoms with Gasteiger partial charge in [0.2, 0.25) is 5.91 Å². The molecule has 0 aromatic heterocycles. The minimum atomic E-state index is 0.0871. The summed E-state index contributed by atoms with van der Waals surface area (Å²) in [6.07, 6.45) is 6.67. The van der Waals surface area contributed by atoms with Crippen molar-refractivity contribution in [1.82, 2.24) is 4.90 Å². The number of amides is 1. The molecular weight excluding hydrogens is 427 g/mol. The zero-order valence-corrected chi connectivity index (χ0v) is 19.7. The molecular formula is C26H30Cl2N2O. The summed E-state index contributed by atoms with van der Waals surface area (Å²) in [6.45, 7) is 5.95. The lowest BCUT2D eigenvalue weighted by molar-refractivity contribution is -0.122. The van der Waals surface area contributed by atoms with Crippen molar-refractivity contribution in [2.45, 2.75) is 57.4 Å². The molecule has 5 heteroatoms. The van der Waals surface area contributed by atoms with Gasteiger partial charge in [-0.25, -0.2) is 0 Å². The molecule has 2 aromatic carbocycles. The molecule has 5 rings (SSSR count). The van der Waals surface area contributed by atoms with Crippen LogP contribution in [0.4, 0.5) is 5.69 Å². The third-order valence-electron chi connectivity index (χ3n) is 7.65. The predicted molar refractivity (Wildman–Crippen MR) is 128 cm³/mol. The molecule has 1 saturated heterocycles. The Kier molecular flexibility index (Phi) is 5.79. The fraction of sp³-hybridized carbons (Fsp3) is 0.500. The summed E-state index contributed by atoms with van der Waals surface area (Å²) in [6, 6.07) is 12.6. The Labute approximate surface area is 195 Å². The second-order valence-corrected chi connectivity index (χ2v) is 10.5. The normalized spacial score (nSPS) is 21.1. The number of likely N-dealkylation sites (tertiary alicyclic amines) is 1. The lowest BCUT2D eigenvalue weighted by atomic mass is 9.74. The number of rotatable bonds is 3. The largest absolute Gasteiger partial charge is 0.311 e. The van der Waals surface area contributed by atoms with Gasteiger partial charge in [-0.05, 0) is 75.0 Å². The van der Waals surface area contributed by atoms with Crippen LogP contribution < -0.4 is 4.90 Å². The Morgan fingerprint density at radius 3 is 2.48 bits per heavy atom. The van der Waals surface area contributed by atoms with Crippen LogP contribution in [0.15, 0.2) is 36.4 Å². The van der Waals surface area contributed by atoms with Gasteiger partial charge in [0.05, 0.1) is 10.0 Å². The molecule has 2 aromatic rings. The molecule has 2 fully saturated rings. The van der Waals surface area contributed by atoms with E-state index in [1.807, 2.05) is 12.1 Å². The number of hydrogen-bond donors (Lipinski definition) is 0. The summed E-state index contributed by atoms with van der Waals surface area (Å²) in [7, 11) is 0. The fourth-order valence-electron chi connectivity index (χ4n) is 5.84. The second kappa shape index (κ2) is 8.42. The van der Waals surface area contributed by atoms with Crippen LogP contribution in [0, 0.1) is 12.8 Å². The molecule has 2 heterocycles. The van der Waals surface area contributed by atoms with E-state index in [0.717, 1.165) is 51.9 Å². The number of aryl methyl sites for hydroxylation is 1. The molecule has 0 N–H and O–H groups in total. The number of fused-ring (bicyclic) bond motifs is 2. The van der Waals surface area contributed by atoms with Gasteiger partial charge in [0, 0.05) is 30.1 Å². The van der Waals surface area contributed by atoms with E-state index >= 15 is 0 Å². The van der Waals surface area contributed by atoms with Crippen molar-refractivity contribution in [3.63, 3.8) is 0 Å². The average Bonchev–Trinajstić information content (AvgIpc) is 3.40. The molecule has 31 heavy (non-hydrogen) atoms. The maximum absolute atomic E-state index is 13.4. The number of carbonyl (C=O) groups is 1. The molecule has 164 valence electrons. The van der Waals surface area contributed by atoms with E-state index < -0.39 is 0 Å². The molecule has 0 atom stereocenters. The van der Waals surface area contributed by atoms with Crippen LogP contribution in [-0.2, 0) is 16.8 Å². The van der Waals surface area contributed by atoms with E-state index in [1.165, 1.54) is 35.2 Å². The van der Waals surface area contributed by atoms with Gasteiger partial charge in [0.25, 0.3) is 0 Å². The van der Waals surface area contributed by atoms with Crippen LogP contribution in [-0.4, -0.2) is 30.4 Å². The molecule has 0 unspecified atom stereocenters. The first-order valence-electron chi connectivity index (χ1n) is 11.5. The molecule has 1 spiro atoms. The lowest BCUT2D eigenvalue weighted by Gasteiger charge is -2.40. The number of nitrogens with zero attached hydrogens (tertiary/aromatic N) is 2. The quantitative estimate of drug-likeness (QED) is 0.535. The Morgan fingerprint density at radius 1 is 1.03 bits per heavy atom. The maximum Gasteiger partial charge on any atom is 0.230 e. The van der Waals surface area contributed by atoms with Crippen LogP contribution in [0.5, 0.6) is 0 Å². The third-order valence-corrected chi connectivity index (χ3v) is 8.39. The summed E-state index contributed by atoms with van der Waals surface area (Å²) in [5.41, 5.74) is 5.13. The summed E-state index contributed by atoms with van der Waals surface area (Å²) in [4.78, 5) is 18.0. The Bertz CT molecular complexity index is 991. The second-order valence-electron chi connectivity index (χ2n) is 9.73. The van der Waals surface area contributed by atoms with Gasteiger partial charge in [0.15, 0.2) is 0 Å². The lowest BCUT2D eigenvalue weighted by Crippen LogP contribution is -2.46.